The molecule has 0 bridgehead atoms. The number of nitrogens with two attached hydrogens (primary N) is 1. The van der Waals surface area contributed by atoms with Crippen LogP contribution in [0.2, 0.25) is 0 Å². The lowest BCUT2D eigenvalue weighted by atomic mass is 9.80. The van der Waals surface area contributed by atoms with Gasteiger partial charge in [-0.05, 0) is 23.6 Å². The summed E-state index contributed by atoms with van der Waals surface area (Å²) in [6, 6.07) is 31.0. The SMILES string of the molecule is C[C@H](N)COC(c1ccccc1)(c1ccccc1)c1ccccc1. The lowest BCUT2D eigenvalue weighted by Crippen LogP contribution is -2.37. The molecular formula is C22H23NO. The van der Waals surface area contributed by atoms with Crippen molar-refractivity contribution in [3.63, 3.8) is 0 Å². The minimum absolute atomic E-state index is 0.0412. The van der Waals surface area contributed by atoms with Gasteiger partial charge in [0, 0.05) is 6.04 Å². The van der Waals surface area contributed by atoms with E-state index in [0.717, 1.165) is 16.7 Å². The molecule has 3 aromatic rings. The molecular weight excluding hydrogens is 294 g/mol. The average molecular weight is 317 g/mol. The number of rotatable bonds is 6. The molecule has 0 fully saturated rings. The zero-order valence-electron chi connectivity index (χ0n) is 13.9. The summed E-state index contributed by atoms with van der Waals surface area (Å²) in [5.74, 6) is 0. The summed E-state index contributed by atoms with van der Waals surface area (Å²) in [4.78, 5) is 0. The summed E-state index contributed by atoms with van der Waals surface area (Å²) in [5.41, 5.74) is 8.64. The first-order chi connectivity index (χ1) is 11.7. The molecule has 0 aliphatic heterocycles. The van der Waals surface area contributed by atoms with Gasteiger partial charge in [-0.3, -0.25) is 0 Å². The molecule has 0 saturated heterocycles. The number of hydrogen-bond acceptors (Lipinski definition) is 2. The third-order valence-electron chi connectivity index (χ3n) is 4.10. The Morgan fingerprint density at radius 3 is 1.33 bits per heavy atom. The summed E-state index contributed by atoms with van der Waals surface area (Å²) in [5, 5.41) is 0. The van der Waals surface area contributed by atoms with E-state index in [4.69, 9.17) is 10.5 Å². The molecule has 3 aromatic carbocycles. The van der Waals surface area contributed by atoms with Crippen molar-refractivity contribution in [1.82, 2.24) is 0 Å². The van der Waals surface area contributed by atoms with Crippen LogP contribution in [0.5, 0.6) is 0 Å². The van der Waals surface area contributed by atoms with Gasteiger partial charge in [0.25, 0.3) is 0 Å². The highest BCUT2D eigenvalue weighted by Gasteiger charge is 2.37. The van der Waals surface area contributed by atoms with Gasteiger partial charge in [0.05, 0.1) is 6.61 Å². The standard InChI is InChI=1S/C22H23NO/c1-18(23)17-24-22(19-11-5-2-6-12-19,20-13-7-3-8-14-20)21-15-9-4-10-16-21/h2-16,18H,17,23H2,1H3/t18-/m0/s1. The Hall–Kier alpha value is -2.42. The predicted octanol–water partition coefficient (Wildman–Crippen LogP) is 4.34. The Balaban J connectivity index is 2.24. The van der Waals surface area contributed by atoms with Crippen molar-refractivity contribution in [2.45, 2.75) is 18.6 Å². The average Bonchev–Trinajstić information content (AvgIpc) is 2.65. The van der Waals surface area contributed by atoms with Crippen LogP contribution >= 0.6 is 0 Å². The molecule has 0 aliphatic rings. The number of hydrogen-bond donors (Lipinski definition) is 1. The van der Waals surface area contributed by atoms with Crippen LogP contribution < -0.4 is 5.73 Å². The first kappa shape index (κ1) is 16.4. The fourth-order valence-electron chi connectivity index (χ4n) is 3.03. The molecule has 0 heterocycles. The summed E-state index contributed by atoms with van der Waals surface area (Å²) < 4.78 is 6.52. The van der Waals surface area contributed by atoms with E-state index < -0.39 is 5.60 Å². The third-order valence-corrected chi connectivity index (χ3v) is 4.10. The van der Waals surface area contributed by atoms with Gasteiger partial charge in [-0.15, -0.1) is 0 Å². The maximum atomic E-state index is 6.52. The van der Waals surface area contributed by atoms with Crippen molar-refractivity contribution < 1.29 is 4.74 Å². The van der Waals surface area contributed by atoms with E-state index in [2.05, 4.69) is 36.4 Å². The minimum atomic E-state index is -0.669. The molecule has 0 aliphatic carbocycles. The van der Waals surface area contributed by atoms with Crippen molar-refractivity contribution in [3.8, 4) is 0 Å². The van der Waals surface area contributed by atoms with E-state index in [0.29, 0.717) is 6.61 Å². The van der Waals surface area contributed by atoms with Crippen LogP contribution in [0.25, 0.3) is 0 Å². The monoisotopic (exact) mass is 317 g/mol. The van der Waals surface area contributed by atoms with E-state index in [-0.39, 0.29) is 6.04 Å². The Morgan fingerprint density at radius 1 is 0.708 bits per heavy atom. The molecule has 1 atom stereocenters. The third kappa shape index (κ3) is 3.25. The van der Waals surface area contributed by atoms with Crippen molar-refractivity contribution in [2.75, 3.05) is 6.61 Å². The van der Waals surface area contributed by atoms with Crippen molar-refractivity contribution in [3.05, 3.63) is 108 Å². The number of benzene rings is 3. The molecule has 0 unspecified atom stereocenters. The summed E-state index contributed by atoms with van der Waals surface area (Å²) in [6.45, 7) is 2.43. The van der Waals surface area contributed by atoms with E-state index >= 15 is 0 Å². The highest BCUT2D eigenvalue weighted by Crippen LogP contribution is 2.40. The quantitative estimate of drug-likeness (QED) is 0.686. The van der Waals surface area contributed by atoms with Gasteiger partial charge in [-0.2, -0.15) is 0 Å². The van der Waals surface area contributed by atoms with Gasteiger partial charge >= 0.3 is 0 Å². The molecule has 0 aromatic heterocycles. The van der Waals surface area contributed by atoms with Crippen LogP contribution in [0, 0.1) is 0 Å². The molecule has 3 rings (SSSR count). The van der Waals surface area contributed by atoms with Crippen LogP contribution in [0.15, 0.2) is 91.0 Å². The molecule has 2 heteroatoms. The number of ether oxygens (including phenoxy) is 1. The van der Waals surface area contributed by atoms with Crippen molar-refractivity contribution >= 4 is 0 Å². The van der Waals surface area contributed by atoms with Gasteiger partial charge < -0.3 is 10.5 Å². The van der Waals surface area contributed by atoms with E-state index in [9.17, 15) is 0 Å². The summed E-state index contributed by atoms with van der Waals surface area (Å²) in [6.07, 6.45) is 0. The largest absolute Gasteiger partial charge is 0.359 e. The molecule has 0 radical (unpaired) electrons. The van der Waals surface area contributed by atoms with Crippen LogP contribution in [0.3, 0.4) is 0 Å². The van der Waals surface area contributed by atoms with Crippen LogP contribution in [-0.4, -0.2) is 12.6 Å². The molecule has 24 heavy (non-hydrogen) atoms. The van der Waals surface area contributed by atoms with Crippen LogP contribution in [0.1, 0.15) is 23.6 Å². The van der Waals surface area contributed by atoms with E-state index in [1.54, 1.807) is 0 Å². The molecule has 2 N–H and O–H groups in total. The van der Waals surface area contributed by atoms with E-state index in [1.165, 1.54) is 0 Å². The zero-order chi connectivity index (χ0) is 16.8. The first-order valence-electron chi connectivity index (χ1n) is 8.29. The molecule has 0 amide bonds. The molecule has 0 saturated carbocycles. The fourth-order valence-corrected chi connectivity index (χ4v) is 3.03. The maximum absolute atomic E-state index is 6.52. The highest BCUT2D eigenvalue weighted by atomic mass is 16.5. The molecule has 122 valence electrons. The fraction of sp³-hybridized carbons (Fsp3) is 0.182. The summed E-state index contributed by atoms with van der Waals surface area (Å²) >= 11 is 0. The predicted molar refractivity (Wildman–Crippen MR) is 98.8 cm³/mol. The Morgan fingerprint density at radius 2 is 1.04 bits per heavy atom. The Bertz CT molecular complexity index is 642. The Kier molecular flexibility index (Phi) is 5.09. The second-order valence-corrected chi connectivity index (χ2v) is 6.07. The van der Waals surface area contributed by atoms with Gasteiger partial charge in [-0.1, -0.05) is 91.0 Å². The highest BCUT2D eigenvalue weighted by molar-refractivity contribution is 5.47. The zero-order valence-corrected chi connectivity index (χ0v) is 13.9. The van der Waals surface area contributed by atoms with Gasteiger partial charge in [0.1, 0.15) is 5.60 Å². The van der Waals surface area contributed by atoms with Crippen LogP contribution in [-0.2, 0) is 10.3 Å². The lowest BCUT2D eigenvalue weighted by Gasteiger charge is -2.36. The van der Waals surface area contributed by atoms with Gasteiger partial charge in [-0.25, -0.2) is 0 Å². The summed E-state index contributed by atoms with van der Waals surface area (Å²) in [7, 11) is 0. The second kappa shape index (κ2) is 7.43. The molecule has 0 spiro atoms. The smallest absolute Gasteiger partial charge is 0.143 e. The van der Waals surface area contributed by atoms with Gasteiger partial charge in [0.15, 0.2) is 0 Å². The van der Waals surface area contributed by atoms with E-state index in [1.807, 2.05) is 61.5 Å². The van der Waals surface area contributed by atoms with Crippen molar-refractivity contribution in [2.24, 2.45) is 5.73 Å². The van der Waals surface area contributed by atoms with Gasteiger partial charge in [0.2, 0.25) is 0 Å². The minimum Gasteiger partial charge on any atom is -0.359 e. The van der Waals surface area contributed by atoms with Crippen LogP contribution in [0.4, 0.5) is 0 Å². The normalized spacial score (nSPS) is 12.8. The molecule has 2 nitrogen and oxygen atoms in total. The van der Waals surface area contributed by atoms with Crippen molar-refractivity contribution in [1.29, 1.82) is 0 Å². The first-order valence-corrected chi connectivity index (χ1v) is 8.29. The second-order valence-electron chi connectivity index (χ2n) is 6.07. The maximum Gasteiger partial charge on any atom is 0.143 e. The topological polar surface area (TPSA) is 35.2 Å². The lowest BCUT2D eigenvalue weighted by molar-refractivity contribution is 0.00717. The Labute approximate surface area is 143 Å².